The number of benzene rings is 2. The number of rotatable bonds is 13. The average molecular weight is 598 g/mol. The van der Waals surface area contributed by atoms with Crippen LogP contribution in [-0.4, -0.2) is 85.3 Å². The smallest absolute Gasteiger partial charge is 0.207 e. The summed E-state index contributed by atoms with van der Waals surface area (Å²) in [5, 5.41) is 10.5. The number of aliphatic hydroxyl groups excluding tert-OH is 1. The Balaban J connectivity index is 1.01. The van der Waals surface area contributed by atoms with Crippen molar-refractivity contribution in [3.63, 3.8) is 0 Å². The SMILES string of the molecule is COc1cc(C2CC=C(C(=O)c3cc(OC[C@H](O)CN4CCN(C)CC4)ccn3)C2)ccc1OCc1ccc(C2CC2)cc1. The van der Waals surface area contributed by atoms with Crippen LogP contribution >= 0.6 is 0 Å². The standard InChI is InChI=1S/C36H43N3O5/c1-38-15-17-39(18-16-38)22-31(40)24-43-32-13-14-37-33(21-32)36(41)30-10-9-28(19-30)29-11-12-34(35(20-29)42-2)44-23-25-3-5-26(6-4-25)27-7-8-27/h3-6,10-14,20-21,27-28,31,40H,7-9,15-19,22-24H2,1-2H3/t28?,31-/m1/s1. The first-order chi connectivity index (χ1) is 21.4. The first-order valence-corrected chi connectivity index (χ1v) is 15.8. The van der Waals surface area contributed by atoms with Crippen LogP contribution in [0, 0.1) is 0 Å². The Labute approximate surface area is 260 Å². The van der Waals surface area contributed by atoms with Crippen molar-refractivity contribution in [3.05, 3.63) is 94.8 Å². The highest BCUT2D eigenvalue weighted by atomic mass is 16.5. The molecule has 8 heteroatoms. The summed E-state index contributed by atoms with van der Waals surface area (Å²) >= 11 is 0. The highest BCUT2D eigenvalue weighted by molar-refractivity contribution is 6.07. The molecule has 3 aromatic rings. The maximum Gasteiger partial charge on any atom is 0.207 e. The van der Waals surface area contributed by atoms with Crippen LogP contribution in [0.1, 0.15) is 64.7 Å². The minimum Gasteiger partial charge on any atom is -0.493 e. The van der Waals surface area contributed by atoms with Gasteiger partial charge in [-0.25, -0.2) is 0 Å². The van der Waals surface area contributed by atoms with Crippen molar-refractivity contribution in [2.24, 2.45) is 0 Å². The van der Waals surface area contributed by atoms with Crippen molar-refractivity contribution < 1.29 is 24.1 Å². The lowest BCUT2D eigenvalue weighted by Gasteiger charge is -2.33. The van der Waals surface area contributed by atoms with Gasteiger partial charge in [0, 0.05) is 45.0 Å². The fourth-order valence-corrected chi connectivity index (χ4v) is 6.04. The van der Waals surface area contributed by atoms with E-state index in [0.29, 0.717) is 42.5 Å². The molecule has 0 spiro atoms. The molecule has 6 rings (SSSR count). The Morgan fingerprint density at radius 1 is 0.955 bits per heavy atom. The van der Waals surface area contributed by atoms with Gasteiger partial charge in [-0.15, -0.1) is 0 Å². The third-order valence-corrected chi connectivity index (χ3v) is 8.96. The fourth-order valence-electron chi connectivity index (χ4n) is 6.04. The summed E-state index contributed by atoms with van der Waals surface area (Å²) < 4.78 is 17.7. The minimum atomic E-state index is -0.601. The number of allylic oxidation sites excluding steroid dienone is 2. The Morgan fingerprint density at radius 2 is 1.73 bits per heavy atom. The average Bonchev–Trinajstić information content (AvgIpc) is 3.79. The molecule has 1 N–H and O–H groups in total. The topological polar surface area (TPSA) is 84.4 Å². The van der Waals surface area contributed by atoms with Gasteiger partial charge in [-0.3, -0.25) is 14.7 Å². The van der Waals surface area contributed by atoms with E-state index >= 15 is 0 Å². The van der Waals surface area contributed by atoms with Crippen LogP contribution in [-0.2, 0) is 6.61 Å². The number of methoxy groups -OCH3 is 1. The van der Waals surface area contributed by atoms with Crippen LogP contribution in [0.25, 0.3) is 0 Å². The number of hydrogen-bond donors (Lipinski definition) is 1. The number of aliphatic hydroxyl groups is 1. The molecule has 1 aliphatic heterocycles. The third kappa shape index (κ3) is 7.67. The molecule has 2 fully saturated rings. The summed E-state index contributed by atoms with van der Waals surface area (Å²) in [6, 6.07) is 18.2. The van der Waals surface area contributed by atoms with Crippen molar-refractivity contribution in [2.45, 2.75) is 50.2 Å². The number of carbonyl (C=O) groups is 1. The van der Waals surface area contributed by atoms with Crippen LogP contribution in [0.15, 0.2) is 72.4 Å². The van der Waals surface area contributed by atoms with Gasteiger partial charge in [0.15, 0.2) is 11.5 Å². The number of pyridine rings is 1. The van der Waals surface area contributed by atoms with E-state index in [1.54, 1.807) is 25.4 Å². The molecule has 0 radical (unpaired) electrons. The van der Waals surface area contributed by atoms with Crippen LogP contribution in [0.4, 0.5) is 0 Å². The molecular formula is C36H43N3O5. The second kappa shape index (κ2) is 13.9. The maximum absolute atomic E-state index is 13.4. The lowest BCUT2D eigenvalue weighted by Crippen LogP contribution is -2.47. The molecule has 2 aliphatic carbocycles. The molecule has 2 atom stereocenters. The predicted octanol–water partition coefficient (Wildman–Crippen LogP) is 5.22. The van der Waals surface area contributed by atoms with Crippen molar-refractivity contribution >= 4 is 5.78 Å². The van der Waals surface area contributed by atoms with Gasteiger partial charge in [0.2, 0.25) is 5.78 Å². The number of hydrogen-bond acceptors (Lipinski definition) is 8. The molecule has 232 valence electrons. The number of Topliss-reactive ketones (excluding diaryl/α,β-unsaturated/α-hetero) is 1. The second-order valence-corrected chi connectivity index (χ2v) is 12.4. The Morgan fingerprint density at radius 3 is 2.48 bits per heavy atom. The van der Waals surface area contributed by atoms with Crippen molar-refractivity contribution in [2.75, 3.05) is 53.5 Å². The predicted molar refractivity (Wildman–Crippen MR) is 170 cm³/mol. The summed E-state index contributed by atoms with van der Waals surface area (Å²) in [4.78, 5) is 22.2. The molecular weight excluding hydrogens is 554 g/mol. The molecule has 1 unspecified atom stereocenters. The van der Waals surface area contributed by atoms with Crippen molar-refractivity contribution in [1.82, 2.24) is 14.8 Å². The molecule has 1 aromatic heterocycles. The third-order valence-electron chi connectivity index (χ3n) is 8.96. The molecule has 8 nitrogen and oxygen atoms in total. The normalized spacial score (nSPS) is 19.8. The highest BCUT2D eigenvalue weighted by Gasteiger charge is 2.26. The number of piperazine rings is 1. The van der Waals surface area contributed by atoms with Gasteiger partial charge in [-0.2, -0.15) is 0 Å². The number of carbonyl (C=O) groups excluding carboxylic acids is 1. The Hall–Kier alpha value is -3.72. The van der Waals surface area contributed by atoms with E-state index < -0.39 is 6.10 Å². The van der Waals surface area contributed by atoms with Gasteiger partial charge in [0.05, 0.1) is 7.11 Å². The highest BCUT2D eigenvalue weighted by Crippen LogP contribution is 2.41. The lowest BCUT2D eigenvalue weighted by molar-refractivity contribution is 0.0504. The number of β-amino-alcohol motifs (C(OH)–C–C–N with tert-alkyl or cyclic N) is 1. The molecule has 0 amide bonds. The van der Waals surface area contributed by atoms with Crippen molar-refractivity contribution in [1.29, 1.82) is 0 Å². The lowest BCUT2D eigenvalue weighted by atomic mass is 9.94. The Bertz CT molecular complexity index is 1460. The van der Waals surface area contributed by atoms with E-state index in [9.17, 15) is 9.90 Å². The van der Waals surface area contributed by atoms with Crippen molar-refractivity contribution in [3.8, 4) is 17.2 Å². The van der Waals surface area contributed by atoms with Gasteiger partial charge in [-0.05, 0) is 85.0 Å². The molecule has 1 saturated heterocycles. The second-order valence-electron chi connectivity index (χ2n) is 12.4. The van der Waals surface area contributed by atoms with Crippen LogP contribution in [0.5, 0.6) is 17.2 Å². The zero-order valence-electron chi connectivity index (χ0n) is 25.8. The van der Waals surface area contributed by atoms with Gasteiger partial charge in [0.1, 0.15) is 30.8 Å². The number of ether oxygens (including phenoxy) is 3. The quantitative estimate of drug-likeness (QED) is 0.269. The molecule has 2 aromatic carbocycles. The number of nitrogens with zero attached hydrogens (tertiary/aromatic N) is 3. The van der Waals surface area contributed by atoms with Crippen LogP contribution < -0.4 is 14.2 Å². The monoisotopic (exact) mass is 597 g/mol. The van der Waals surface area contributed by atoms with Gasteiger partial charge < -0.3 is 24.2 Å². The molecule has 2 heterocycles. The summed E-state index contributed by atoms with van der Waals surface area (Å²) in [6.07, 6.45) is 7.01. The zero-order valence-corrected chi connectivity index (χ0v) is 25.8. The minimum absolute atomic E-state index is 0.0874. The number of likely N-dealkylation sites (N-methyl/N-ethyl adjacent to an activating group) is 1. The zero-order chi connectivity index (χ0) is 30.5. The van der Waals surface area contributed by atoms with E-state index in [-0.39, 0.29) is 18.3 Å². The van der Waals surface area contributed by atoms with Gasteiger partial charge >= 0.3 is 0 Å². The largest absolute Gasteiger partial charge is 0.493 e. The van der Waals surface area contributed by atoms with Gasteiger partial charge in [0.25, 0.3) is 0 Å². The summed E-state index contributed by atoms with van der Waals surface area (Å²) in [5.74, 6) is 2.77. The molecule has 0 bridgehead atoms. The van der Waals surface area contributed by atoms with Gasteiger partial charge in [-0.1, -0.05) is 36.4 Å². The first kappa shape index (κ1) is 30.3. The molecule has 3 aliphatic rings. The Kier molecular flexibility index (Phi) is 9.60. The van der Waals surface area contributed by atoms with Crippen LogP contribution in [0.2, 0.25) is 0 Å². The van der Waals surface area contributed by atoms with E-state index in [2.05, 4.69) is 52.2 Å². The molecule has 1 saturated carbocycles. The van der Waals surface area contributed by atoms with E-state index in [1.165, 1.54) is 18.4 Å². The summed E-state index contributed by atoms with van der Waals surface area (Å²) in [5.41, 5.74) is 4.77. The van der Waals surface area contributed by atoms with E-state index in [1.807, 2.05) is 18.2 Å². The summed E-state index contributed by atoms with van der Waals surface area (Å²) in [6.45, 7) is 5.12. The maximum atomic E-state index is 13.4. The molecule has 44 heavy (non-hydrogen) atoms. The first-order valence-electron chi connectivity index (χ1n) is 15.8. The summed E-state index contributed by atoms with van der Waals surface area (Å²) in [7, 11) is 3.77. The number of aromatic nitrogens is 1. The van der Waals surface area contributed by atoms with E-state index in [0.717, 1.165) is 55.2 Å². The number of ketones is 1. The fraction of sp³-hybridized carbons (Fsp3) is 0.444. The van der Waals surface area contributed by atoms with E-state index in [4.69, 9.17) is 14.2 Å². The van der Waals surface area contributed by atoms with Crippen LogP contribution in [0.3, 0.4) is 0 Å².